The second kappa shape index (κ2) is 5.18. The molecule has 1 atom stereocenters. The molecule has 1 aliphatic heterocycles. The van der Waals surface area contributed by atoms with Gasteiger partial charge < -0.3 is 15.7 Å². The number of carbonyl (C=O) groups is 2. The number of amides is 1. The molecule has 1 aliphatic rings. The monoisotopic (exact) mass is 248 g/mol. The van der Waals surface area contributed by atoms with Crippen LogP contribution < -0.4 is 5.73 Å². The first-order chi connectivity index (χ1) is 8.61. The Bertz CT molecular complexity index is 456. The van der Waals surface area contributed by atoms with Crippen LogP contribution in [0.2, 0.25) is 0 Å². The largest absolute Gasteiger partial charge is 0.478 e. The van der Waals surface area contributed by atoms with Crippen molar-refractivity contribution in [3.8, 4) is 0 Å². The maximum atomic E-state index is 12.1. The van der Waals surface area contributed by atoms with Crippen molar-refractivity contribution in [3.05, 3.63) is 35.4 Å². The lowest BCUT2D eigenvalue weighted by atomic mass is 10.1. The minimum absolute atomic E-state index is 0.0529. The zero-order chi connectivity index (χ0) is 13.1. The van der Waals surface area contributed by atoms with Crippen LogP contribution in [0.15, 0.2) is 24.3 Å². The van der Waals surface area contributed by atoms with Gasteiger partial charge in [-0.2, -0.15) is 0 Å². The highest BCUT2D eigenvalue weighted by Crippen LogP contribution is 2.18. The van der Waals surface area contributed by atoms with Crippen molar-refractivity contribution in [3.63, 3.8) is 0 Å². The van der Waals surface area contributed by atoms with E-state index in [1.54, 1.807) is 17.0 Å². The van der Waals surface area contributed by atoms with Crippen LogP contribution in [0.25, 0.3) is 0 Å². The topological polar surface area (TPSA) is 83.6 Å². The molecule has 1 aromatic carbocycles. The average molecular weight is 248 g/mol. The molecule has 1 saturated heterocycles. The summed E-state index contributed by atoms with van der Waals surface area (Å²) in [6.07, 6.45) is 0.940. The molecular weight excluding hydrogens is 232 g/mol. The Morgan fingerprint density at radius 2 is 1.89 bits per heavy atom. The smallest absolute Gasteiger partial charge is 0.335 e. The second-order valence-electron chi connectivity index (χ2n) is 4.52. The number of aromatic carboxylic acids is 1. The number of hydrogen-bond donors (Lipinski definition) is 2. The van der Waals surface area contributed by atoms with Gasteiger partial charge in [-0.25, -0.2) is 4.79 Å². The van der Waals surface area contributed by atoms with E-state index in [-0.39, 0.29) is 11.5 Å². The van der Waals surface area contributed by atoms with Crippen LogP contribution in [0.3, 0.4) is 0 Å². The Kier molecular flexibility index (Phi) is 3.62. The van der Waals surface area contributed by atoms with E-state index in [2.05, 4.69) is 0 Å². The number of carboxylic acid groups (broad SMARTS) is 1. The number of carbonyl (C=O) groups excluding carboxylic acids is 1. The van der Waals surface area contributed by atoms with Crippen LogP contribution in [-0.2, 0) is 0 Å². The molecule has 0 bridgehead atoms. The third-order valence-corrected chi connectivity index (χ3v) is 3.29. The fourth-order valence-electron chi connectivity index (χ4n) is 2.15. The number of benzene rings is 1. The summed E-state index contributed by atoms with van der Waals surface area (Å²) in [7, 11) is 0. The summed E-state index contributed by atoms with van der Waals surface area (Å²) in [5.41, 5.74) is 6.30. The van der Waals surface area contributed by atoms with Gasteiger partial charge in [0.2, 0.25) is 0 Å². The van der Waals surface area contributed by atoms with Gasteiger partial charge in [-0.05, 0) is 43.1 Å². The molecule has 0 saturated carbocycles. The Morgan fingerprint density at radius 1 is 1.28 bits per heavy atom. The maximum absolute atomic E-state index is 12.1. The number of carboxylic acids is 1. The third-order valence-electron chi connectivity index (χ3n) is 3.29. The number of nitrogens with two attached hydrogens (primary N) is 1. The lowest BCUT2D eigenvalue weighted by Crippen LogP contribution is -2.29. The molecule has 18 heavy (non-hydrogen) atoms. The zero-order valence-electron chi connectivity index (χ0n) is 10.0. The summed E-state index contributed by atoms with van der Waals surface area (Å²) in [5.74, 6) is -0.659. The third kappa shape index (κ3) is 2.51. The van der Waals surface area contributed by atoms with Gasteiger partial charge in [-0.15, -0.1) is 0 Å². The Balaban J connectivity index is 2.07. The number of nitrogens with zero attached hydrogens (tertiary/aromatic N) is 1. The quantitative estimate of drug-likeness (QED) is 0.829. The molecule has 3 N–H and O–H groups in total. The molecule has 0 aromatic heterocycles. The van der Waals surface area contributed by atoms with Crippen molar-refractivity contribution in [2.45, 2.75) is 6.42 Å². The van der Waals surface area contributed by atoms with Crippen molar-refractivity contribution in [2.24, 2.45) is 11.7 Å². The number of rotatable bonds is 3. The van der Waals surface area contributed by atoms with Crippen molar-refractivity contribution >= 4 is 11.9 Å². The molecule has 5 heteroatoms. The predicted octanol–water partition coefficient (Wildman–Crippen LogP) is 0.806. The molecule has 1 fully saturated rings. The number of likely N-dealkylation sites (tertiary alicyclic amines) is 1. The van der Waals surface area contributed by atoms with Gasteiger partial charge >= 0.3 is 5.97 Å². The molecule has 1 unspecified atom stereocenters. The molecule has 1 heterocycles. The first-order valence-corrected chi connectivity index (χ1v) is 5.94. The van der Waals surface area contributed by atoms with E-state index in [1.807, 2.05) is 0 Å². The van der Waals surface area contributed by atoms with Gasteiger partial charge in [0.05, 0.1) is 5.56 Å². The van der Waals surface area contributed by atoms with E-state index in [0.29, 0.717) is 24.6 Å². The van der Waals surface area contributed by atoms with Gasteiger partial charge in [-0.1, -0.05) is 0 Å². The average Bonchev–Trinajstić information content (AvgIpc) is 2.86. The molecule has 1 amide bonds. The standard InChI is InChI=1S/C13H16N2O3/c14-7-9-5-6-15(8-9)12(16)10-1-3-11(4-2-10)13(17)18/h1-4,9H,5-8,14H2,(H,17,18). The van der Waals surface area contributed by atoms with E-state index >= 15 is 0 Å². The Hall–Kier alpha value is -1.88. The molecular formula is C13H16N2O3. The summed E-state index contributed by atoms with van der Waals surface area (Å²) in [4.78, 5) is 24.6. The molecule has 5 nitrogen and oxygen atoms in total. The Labute approximate surface area is 105 Å². The first kappa shape index (κ1) is 12.6. The van der Waals surface area contributed by atoms with Gasteiger partial charge in [0.1, 0.15) is 0 Å². The highest BCUT2D eigenvalue weighted by molar-refractivity contribution is 5.96. The highest BCUT2D eigenvalue weighted by atomic mass is 16.4. The fraction of sp³-hybridized carbons (Fsp3) is 0.385. The molecule has 2 rings (SSSR count). The van der Waals surface area contributed by atoms with Crippen LogP contribution in [0.4, 0.5) is 0 Å². The molecule has 96 valence electrons. The predicted molar refractivity (Wildman–Crippen MR) is 66.5 cm³/mol. The first-order valence-electron chi connectivity index (χ1n) is 5.94. The van der Waals surface area contributed by atoms with Gasteiger partial charge in [0.25, 0.3) is 5.91 Å². The van der Waals surface area contributed by atoms with Crippen LogP contribution in [-0.4, -0.2) is 41.5 Å². The SMILES string of the molecule is NCC1CCN(C(=O)c2ccc(C(=O)O)cc2)C1. The molecule has 0 spiro atoms. The maximum Gasteiger partial charge on any atom is 0.335 e. The van der Waals surface area contributed by atoms with Gasteiger partial charge in [0, 0.05) is 18.7 Å². The summed E-state index contributed by atoms with van der Waals surface area (Å²) < 4.78 is 0. The molecule has 0 radical (unpaired) electrons. The van der Waals surface area contributed by atoms with Crippen molar-refractivity contribution in [1.29, 1.82) is 0 Å². The Morgan fingerprint density at radius 3 is 2.39 bits per heavy atom. The van der Waals surface area contributed by atoms with E-state index < -0.39 is 5.97 Å². The summed E-state index contributed by atoms with van der Waals surface area (Å²) in [6.45, 7) is 2.01. The fourth-order valence-corrected chi connectivity index (χ4v) is 2.15. The zero-order valence-corrected chi connectivity index (χ0v) is 10.0. The van der Waals surface area contributed by atoms with Crippen molar-refractivity contribution in [2.75, 3.05) is 19.6 Å². The normalized spacial score (nSPS) is 18.9. The van der Waals surface area contributed by atoms with Crippen LogP contribution in [0.1, 0.15) is 27.1 Å². The minimum Gasteiger partial charge on any atom is -0.478 e. The van der Waals surface area contributed by atoms with Crippen molar-refractivity contribution < 1.29 is 14.7 Å². The molecule has 0 aliphatic carbocycles. The highest BCUT2D eigenvalue weighted by Gasteiger charge is 2.25. The molecule has 1 aromatic rings. The summed E-state index contributed by atoms with van der Waals surface area (Å²) >= 11 is 0. The van der Waals surface area contributed by atoms with E-state index in [1.165, 1.54) is 12.1 Å². The van der Waals surface area contributed by atoms with Crippen molar-refractivity contribution in [1.82, 2.24) is 4.90 Å². The van der Waals surface area contributed by atoms with E-state index in [4.69, 9.17) is 10.8 Å². The summed E-state index contributed by atoms with van der Waals surface area (Å²) in [6, 6.07) is 6.02. The van der Waals surface area contributed by atoms with Crippen LogP contribution in [0, 0.1) is 5.92 Å². The van der Waals surface area contributed by atoms with Crippen LogP contribution in [0.5, 0.6) is 0 Å². The summed E-state index contributed by atoms with van der Waals surface area (Å²) in [5, 5.41) is 8.78. The van der Waals surface area contributed by atoms with Crippen LogP contribution >= 0.6 is 0 Å². The lowest BCUT2D eigenvalue weighted by molar-refractivity contribution is 0.0695. The van der Waals surface area contributed by atoms with Gasteiger partial charge in [0.15, 0.2) is 0 Å². The lowest BCUT2D eigenvalue weighted by Gasteiger charge is -2.16. The second-order valence-corrected chi connectivity index (χ2v) is 4.52. The minimum atomic E-state index is -0.988. The number of hydrogen-bond acceptors (Lipinski definition) is 3. The van der Waals surface area contributed by atoms with Gasteiger partial charge in [-0.3, -0.25) is 4.79 Å². The van der Waals surface area contributed by atoms with E-state index in [9.17, 15) is 9.59 Å². The van der Waals surface area contributed by atoms with E-state index in [0.717, 1.165) is 13.0 Å².